The molecule has 0 radical (unpaired) electrons. The summed E-state index contributed by atoms with van der Waals surface area (Å²) in [6.07, 6.45) is 6.36. The molecule has 0 bridgehead atoms. The van der Waals surface area contributed by atoms with Crippen LogP contribution in [0.4, 0.5) is 0 Å². The van der Waals surface area contributed by atoms with Gasteiger partial charge in [-0.2, -0.15) is 0 Å². The van der Waals surface area contributed by atoms with Crippen LogP contribution in [0.3, 0.4) is 0 Å². The maximum atomic E-state index is 11.8. The average molecular weight is 322 g/mol. The minimum Gasteiger partial charge on any atom is -0.467 e. The number of hydrogen-bond acceptors (Lipinski definition) is 3. The Morgan fingerprint density at radius 2 is 2.13 bits per heavy atom. The van der Waals surface area contributed by atoms with Crippen molar-refractivity contribution in [1.82, 2.24) is 16.0 Å². The van der Waals surface area contributed by atoms with Gasteiger partial charge in [0.05, 0.1) is 12.8 Å². The van der Waals surface area contributed by atoms with Crippen LogP contribution in [0.25, 0.3) is 0 Å². The van der Waals surface area contributed by atoms with E-state index in [-0.39, 0.29) is 12.5 Å². The third kappa shape index (κ3) is 8.90. The molecule has 1 amide bonds. The van der Waals surface area contributed by atoms with Gasteiger partial charge in [-0.05, 0) is 32.4 Å². The van der Waals surface area contributed by atoms with E-state index < -0.39 is 0 Å². The molecule has 1 aromatic rings. The summed E-state index contributed by atoms with van der Waals surface area (Å²) in [5, 5.41) is 9.29. The Labute approximate surface area is 139 Å². The fourth-order valence-electron chi connectivity index (χ4n) is 2.13. The van der Waals surface area contributed by atoms with E-state index in [2.05, 4.69) is 34.8 Å². The van der Waals surface area contributed by atoms with Crippen LogP contribution >= 0.6 is 0 Å². The Morgan fingerprint density at radius 3 is 2.78 bits per heavy atom. The smallest absolute Gasteiger partial charge is 0.242 e. The monoisotopic (exact) mass is 322 g/mol. The number of aliphatic imine (C=N–C) groups is 1. The van der Waals surface area contributed by atoms with Gasteiger partial charge >= 0.3 is 0 Å². The van der Waals surface area contributed by atoms with Gasteiger partial charge in [-0.1, -0.05) is 26.2 Å². The summed E-state index contributed by atoms with van der Waals surface area (Å²) >= 11 is 0. The number of furan rings is 1. The zero-order valence-corrected chi connectivity index (χ0v) is 14.5. The van der Waals surface area contributed by atoms with E-state index in [1.54, 1.807) is 12.3 Å². The van der Waals surface area contributed by atoms with Gasteiger partial charge in [-0.3, -0.25) is 4.79 Å². The Kier molecular flexibility index (Phi) is 9.59. The van der Waals surface area contributed by atoms with Crippen LogP contribution in [-0.4, -0.2) is 31.0 Å². The Balaban J connectivity index is 2.35. The lowest BCUT2D eigenvalue weighted by Gasteiger charge is -2.17. The first-order valence-corrected chi connectivity index (χ1v) is 8.49. The van der Waals surface area contributed by atoms with Crippen molar-refractivity contribution in [2.24, 2.45) is 4.99 Å². The van der Waals surface area contributed by atoms with Crippen LogP contribution < -0.4 is 16.0 Å². The van der Waals surface area contributed by atoms with Gasteiger partial charge in [0.15, 0.2) is 5.96 Å². The molecule has 6 heteroatoms. The first-order valence-electron chi connectivity index (χ1n) is 8.49. The normalized spacial score (nSPS) is 12.7. The average Bonchev–Trinajstić information content (AvgIpc) is 3.04. The summed E-state index contributed by atoms with van der Waals surface area (Å²) in [5.74, 6) is 1.29. The lowest BCUT2D eigenvalue weighted by Crippen LogP contribution is -2.43. The van der Waals surface area contributed by atoms with Crippen molar-refractivity contribution in [2.45, 2.75) is 59.0 Å². The number of carbonyl (C=O) groups excluding carboxylic acids is 1. The highest BCUT2D eigenvalue weighted by Crippen LogP contribution is 2.02. The number of guanidine groups is 1. The van der Waals surface area contributed by atoms with Crippen LogP contribution in [0.15, 0.2) is 27.8 Å². The molecule has 1 unspecified atom stereocenters. The molecule has 0 saturated carbocycles. The molecule has 1 rings (SSSR count). The molecule has 0 aliphatic carbocycles. The molecule has 0 aromatic carbocycles. The fraction of sp³-hybridized carbons (Fsp3) is 0.647. The van der Waals surface area contributed by atoms with Gasteiger partial charge in [-0.15, -0.1) is 0 Å². The van der Waals surface area contributed by atoms with Crippen molar-refractivity contribution < 1.29 is 9.21 Å². The molecule has 1 heterocycles. The summed E-state index contributed by atoms with van der Waals surface area (Å²) in [4.78, 5) is 16.2. The van der Waals surface area contributed by atoms with E-state index in [0.717, 1.165) is 18.7 Å². The zero-order chi connectivity index (χ0) is 16.9. The number of rotatable bonds is 10. The molecule has 6 nitrogen and oxygen atoms in total. The Morgan fingerprint density at radius 1 is 1.30 bits per heavy atom. The highest BCUT2D eigenvalue weighted by molar-refractivity contribution is 5.84. The van der Waals surface area contributed by atoms with E-state index in [1.165, 1.54) is 19.3 Å². The Bertz CT molecular complexity index is 457. The second kappa shape index (κ2) is 11.6. The molecule has 3 N–H and O–H groups in total. The third-order valence-corrected chi connectivity index (χ3v) is 3.39. The van der Waals surface area contributed by atoms with Crippen LogP contribution in [0.2, 0.25) is 0 Å². The standard InChI is InChI=1S/C17H30N4O2/c1-4-6-7-9-14(3)21-17(18-5-2)20-13-16(22)19-12-15-10-8-11-23-15/h8,10-11,14H,4-7,9,12-13H2,1-3H3,(H,19,22)(H2,18,20,21). The molecular weight excluding hydrogens is 292 g/mol. The molecule has 130 valence electrons. The van der Waals surface area contributed by atoms with Gasteiger partial charge in [0.25, 0.3) is 0 Å². The zero-order valence-electron chi connectivity index (χ0n) is 14.5. The lowest BCUT2D eigenvalue weighted by atomic mass is 10.1. The number of nitrogens with one attached hydrogen (secondary N) is 3. The summed E-state index contributed by atoms with van der Waals surface area (Å²) in [7, 11) is 0. The predicted octanol–water partition coefficient (Wildman–Crippen LogP) is 2.42. The minimum absolute atomic E-state index is 0.0950. The topological polar surface area (TPSA) is 78.7 Å². The molecule has 1 atom stereocenters. The highest BCUT2D eigenvalue weighted by Gasteiger charge is 2.06. The van der Waals surface area contributed by atoms with Crippen molar-refractivity contribution in [3.63, 3.8) is 0 Å². The van der Waals surface area contributed by atoms with Crippen molar-refractivity contribution >= 4 is 11.9 Å². The van der Waals surface area contributed by atoms with Gasteiger partial charge in [-0.25, -0.2) is 4.99 Å². The van der Waals surface area contributed by atoms with Crippen LogP contribution in [-0.2, 0) is 11.3 Å². The molecule has 23 heavy (non-hydrogen) atoms. The summed E-state index contributed by atoms with van der Waals surface area (Å²) < 4.78 is 5.17. The largest absolute Gasteiger partial charge is 0.467 e. The number of hydrogen-bond donors (Lipinski definition) is 3. The predicted molar refractivity (Wildman–Crippen MR) is 93.3 cm³/mol. The molecule has 0 aliphatic heterocycles. The van der Waals surface area contributed by atoms with E-state index in [1.807, 2.05) is 13.0 Å². The number of unbranched alkanes of at least 4 members (excludes halogenated alkanes) is 2. The van der Waals surface area contributed by atoms with Gasteiger partial charge in [0.2, 0.25) is 5.91 Å². The second-order valence-electron chi connectivity index (χ2n) is 5.59. The molecular formula is C17H30N4O2. The lowest BCUT2D eigenvalue weighted by molar-refractivity contribution is -0.119. The maximum absolute atomic E-state index is 11.8. The van der Waals surface area contributed by atoms with Gasteiger partial charge < -0.3 is 20.4 Å². The van der Waals surface area contributed by atoms with E-state index in [9.17, 15) is 4.79 Å². The molecule has 0 saturated heterocycles. The Hall–Kier alpha value is -1.98. The van der Waals surface area contributed by atoms with Crippen LogP contribution in [0.5, 0.6) is 0 Å². The highest BCUT2D eigenvalue weighted by atomic mass is 16.3. The van der Waals surface area contributed by atoms with Gasteiger partial charge in [0, 0.05) is 12.6 Å². The van der Waals surface area contributed by atoms with Crippen LogP contribution in [0.1, 0.15) is 52.2 Å². The molecule has 0 fully saturated rings. The SMILES string of the molecule is CCCCCC(C)NC(=NCC(=O)NCc1ccco1)NCC. The fourth-order valence-corrected chi connectivity index (χ4v) is 2.13. The molecule has 0 aliphatic rings. The maximum Gasteiger partial charge on any atom is 0.242 e. The number of nitrogens with zero attached hydrogens (tertiary/aromatic N) is 1. The van der Waals surface area contributed by atoms with Crippen LogP contribution in [0, 0.1) is 0 Å². The van der Waals surface area contributed by atoms with E-state index in [0.29, 0.717) is 18.5 Å². The quantitative estimate of drug-likeness (QED) is 0.351. The van der Waals surface area contributed by atoms with Crippen molar-refractivity contribution in [3.05, 3.63) is 24.2 Å². The number of amides is 1. The molecule has 1 aromatic heterocycles. The first kappa shape index (κ1) is 19.1. The summed E-state index contributed by atoms with van der Waals surface area (Å²) in [6.45, 7) is 7.60. The van der Waals surface area contributed by atoms with Crippen molar-refractivity contribution in [3.8, 4) is 0 Å². The van der Waals surface area contributed by atoms with Crippen molar-refractivity contribution in [2.75, 3.05) is 13.1 Å². The van der Waals surface area contributed by atoms with E-state index >= 15 is 0 Å². The first-order chi connectivity index (χ1) is 11.2. The molecule has 0 spiro atoms. The summed E-state index contributed by atoms with van der Waals surface area (Å²) in [5.41, 5.74) is 0. The van der Waals surface area contributed by atoms with Crippen molar-refractivity contribution in [1.29, 1.82) is 0 Å². The van der Waals surface area contributed by atoms with Gasteiger partial charge in [0.1, 0.15) is 12.3 Å². The third-order valence-electron chi connectivity index (χ3n) is 3.39. The second-order valence-corrected chi connectivity index (χ2v) is 5.59. The number of carbonyl (C=O) groups is 1. The minimum atomic E-state index is -0.128. The van der Waals surface area contributed by atoms with E-state index in [4.69, 9.17) is 4.42 Å². The summed E-state index contributed by atoms with van der Waals surface area (Å²) in [6, 6.07) is 3.96.